The van der Waals surface area contributed by atoms with Crippen molar-refractivity contribution in [2.24, 2.45) is 5.10 Å². The first-order chi connectivity index (χ1) is 12.8. The Balaban J connectivity index is 1.80. The van der Waals surface area contributed by atoms with Crippen molar-refractivity contribution in [3.8, 4) is 0 Å². The maximum Gasteiger partial charge on any atom is 0.280 e. The van der Waals surface area contributed by atoms with E-state index in [0.29, 0.717) is 17.0 Å². The van der Waals surface area contributed by atoms with Crippen LogP contribution in [0.4, 0.5) is 5.69 Å². The fourth-order valence-electron chi connectivity index (χ4n) is 2.88. The average molecular weight is 344 g/mol. The van der Waals surface area contributed by atoms with Gasteiger partial charge in [-0.1, -0.05) is 30.3 Å². The number of rotatable bonds is 4. The maximum atomic E-state index is 13.0. The van der Waals surface area contributed by atoms with Crippen LogP contribution in [-0.2, 0) is 9.53 Å². The zero-order chi connectivity index (χ0) is 17.9. The molecule has 0 saturated heterocycles. The number of carbonyl (C=O) groups is 1. The largest absolute Gasteiger partial charge is 0.378 e. The zero-order valence-electron chi connectivity index (χ0n) is 14.2. The van der Waals surface area contributed by atoms with E-state index in [9.17, 15) is 4.79 Å². The SMILES string of the molecule is COCC1=NN(c2ccccc2)C(=O)/C1=C\c1cccc2nccnc12. The van der Waals surface area contributed by atoms with Gasteiger partial charge in [0, 0.05) is 25.1 Å². The van der Waals surface area contributed by atoms with E-state index in [1.165, 1.54) is 5.01 Å². The Bertz CT molecular complexity index is 1020. The summed E-state index contributed by atoms with van der Waals surface area (Å²) in [6, 6.07) is 15.0. The molecular formula is C20H16N4O2. The number of carbonyl (C=O) groups excluding carboxylic acids is 1. The minimum absolute atomic E-state index is 0.191. The Kier molecular flexibility index (Phi) is 4.25. The van der Waals surface area contributed by atoms with Gasteiger partial charge in [0.2, 0.25) is 0 Å². The lowest BCUT2D eigenvalue weighted by atomic mass is 10.1. The van der Waals surface area contributed by atoms with E-state index in [0.717, 1.165) is 16.6 Å². The van der Waals surface area contributed by atoms with Gasteiger partial charge in [-0.3, -0.25) is 14.8 Å². The summed E-state index contributed by atoms with van der Waals surface area (Å²) in [5.74, 6) is -0.191. The molecule has 0 unspecified atom stereocenters. The van der Waals surface area contributed by atoms with Gasteiger partial charge >= 0.3 is 0 Å². The molecule has 26 heavy (non-hydrogen) atoms. The van der Waals surface area contributed by atoms with Gasteiger partial charge in [-0.05, 0) is 24.3 Å². The maximum absolute atomic E-state index is 13.0. The van der Waals surface area contributed by atoms with E-state index in [2.05, 4.69) is 15.1 Å². The quantitative estimate of drug-likeness (QED) is 0.682. The molecule has 0 aliphatic carbocycles. The number of ether oxygens (including phenoxy) is 1. The highest BCUT2D eigenvalue weighted by Crippen LogP contribution is 2.26. The summed E-state index contributed by atoms with van der Waals surface area (Å²) in [6.07, 6.45) is 5.09. The Morgan fingerprint density at radius 1 is 1.04 bits per heavy atom. The number of fused-ring (bicyclic) bond motifs is 1. The highest BCUT2D eigenvalue weighted by molar-refractivity contribution is 6.33. The lowest BCUT2D eigenvalue weighted by Crippen LogP contribution is -2.21. The van der Waals surface area contributed by atoms with Crippen molar-refractivity contribution in [2.75, 3.05) is 18.7 Å². The van der Waals surface area contributed by atoms with Gasteiger partial charge in [0.25, 0.3) is 5.91 Å². The Hall–Kier alpha value is -3.38. The molecule has 0 fully saturated rings. The third-order valence-electron chi connectivity index (χ3n) is 4.07. The molecule has 3 aromatic rings. The van der Waals surface area contributed by atoms with Crippen LogP contribution >= 0.6 is 0 Å². The topological polar surface area (TPSA) is 67.7 Å². The third-order valence-corrected chi connectivity index (χ3v) is 4.07. The lowest BCUT2D eigenvalue weighted by Gasteiger charge is -2.11. The number of hydrogen-bond acceptors (Lipinski definition) is 5. The van der Waals surface area contributed by atoms with Crippen molar-refractivity contribution in [3.05, 3.63) is 72.1 Å². The van der Waals surface area contributed by atoms with Crippen LogP contribution in [-0.4, -0.2) is 35.3 Å². The van der Waals surface area contributed by atoms with E-state index in [1.807, 2.05) is 48.5 Å². The number of nitrogens with zero attached hydrogens (tertiary/aromatic N) is 4. The molecule has 6 heteroatoms. The van der Waals surface area contributed by atoms with Crippen LogP contribution in [0.1, 0.15) is 5.56 Å². The summed E-state index contributed by atoms with van der Waals surface area (Å²) in [6.45, 7) is 0.247. The van der Waals surface area contributed by atoms with Gasteiger partial charge in [-0.25, -0.2) is 0 Å². The van der Waals surface area contributed by atoms with E-state index in [1.54, 1.807) is 25.6 Å². The molecule has 0 atom stereocenters. The van der Waals surface area contributed by atoms with E-state index in [-0.39, 0.29) is 12.5 Å². The Morgan fingerprint density at radius 2 is 1.85 bits per heavy atom. The van der Waals surface area contributed by atoms with Gasteiger partial charge in [-0.15, -0.1) is 0 Å². The second-order valence-corrected chi connectivity index (χ2v) is 5.76. The number of hydrogen-bond donors (Lipinski definition) is 0. The number of benzene rings is 2. The van der Waals surface area contributed by atoms with Crippen LogP contribution in [0.2, 0.25) is 0 Å². The van der Waals surface area contributed by atoms with Gasteiger partial charge < -0.3 is 4.74 Å². The molecule has 1 aliphatic rings. The van der Waals surface area contributed by atoms with E-state index >= 15 is 0 Å². The van der Waals surface area contributed by atoms with E-state index < -0.39 is 0 Å². The summed E-state index contributed by atoms with van der Waals surface area (Å²) in [5, 5.41) is 5.86. The van der Waals surface area contributed by atoms with Gasteiger partial charge in [0.05, 0.1) is 34.6 Å². The second kappa shape index (κ2) is 6.85. The summed E-state index contributed by atoms with van der Waals surface area (Å²) in [7, 11) is 1.58. The zero-order valence-corrected chi connectivity index (χ0v) is 14.2. The second-order valence-electron chi connectivity index (χ2n) is 5.76. The molecule has 0 radical (unpaired) electrons. The molecule has 1 aromatic heterocycles. The molecule has 0 N–H and O–H groups in total. The highest BCUT2D eigenvalue weighted by Gasteiger charge is 2.31. The van der Waals surface area contributed by atoms with Crippen molar-refractivity contribution in [2.45, 2.75) is 0 Å². The smallest absolute Gasteiger partial charge is 0.280 e. The summed E-state index contributed by atoms with van der Waals surface area (Å²) in [4.78, 5) is 21.7. The lowest BCUT2D eigenvalue weighted by molar-refractivity contribution is -0.114. The van der Waals surface area contributed by atoms with Crippen LogP contribution in [0.3, 0.4) is 0 Å². The summed E-state index contributed by atoms with van der Waals surface area (Å²) >= 11 is 0. The molecular weight excluding hydrogens is 328 g/mol. The standard InChI is InChI=1S/C20H16N4O2/c1-26-13-18-16(20(25)24(23-18)15-7-3-2-4-8-15)12-14-6-5-9-17-19(14)22-11-10-21-17/h2-12H,13H2,1H3/b16-12-. The van der Waals surface area contributed by atoms with E-state index in [4.69, 9.17) is 4.74 Å². The average Bonchev–Trinajstić information content (AvgIpc) is 2.99. The number of aromatic nitrogens is 2. The number of amides is 1. The minimum Gasteiger partial charge on any atom is -0.378 e. The molecule has 0 saturated carbocycles. The number of para-hydroxylation sites is 2. The van der Waals surface area contributed by atoms with Crippen molar-refractivity contribution >= 4 is 34.4 Å². The molecule has 1 amide bonds. The van der Waals surface area contributed by atoms with Crippen LogP contribution in [0.5, 0.6) is 0 Å². The number of hydrazone groups is 1. The third kappa shape index (κ3) is 2.87. The van der Waals surface area contributed by atoms with Crippen molar-refractivity contribution in [1.29, 1.82) is 0 Å². The first-order valence-electron chi connectivity index (χ1n) is 8.15. The highest BCUT2D eigenvalue weighted by atomic mass is 16.5. The Labute approximate surface area is 150 Å². The molecule has 6 nitrogen and oxygen atoms in total. The summed E-state index contributed by atoms with van der Waals surface area (Å²) in [5.41, 5.74) is 4.13. The Morgan fingerprint density at radius 3 is 2.65 bits per heavy atom. The van der Waals surface area contributed by atoms with Crippen LogP contribution in [0, 0.1) is 0 Å². The molecule has 2 heterocycles. The monoisotopic (exact) mass is 344 g/mol. The first kappa shape index (κ1) is 16.1. The molecule has 128 valence electrons. The summed E-state index contributed by atoms with van der Waals surface area (Å²) < 4.78 is 5.24. The van der Waals surface area contributed by atoms with Crippen LogP contribution < -0.4 is 5.01 Å². The number of methoxy groups -OCH3 is 1. The van der Waals surface area contributed by atoms with Crippen LogP contribution in [0.15, 0.2) is 71.6 Å². The minimum atomic E-state index is -0.191. The van der Waals surface area contributed by atoms with Crippen molar-refractivity contribution in [1.82, 2.24) is 9.97 Å². The van der Waals surface area contributed by atoms with Gasteiger partial charge in [0.1, 0.15) is 0 Å². The van der Waals surface area contributed by atoms with Gasteiger partial charge in [-0.2, -0.15) is 10.1 Å². The predicted octanol–water partition coefficient (Wildman–Crippen LogP) is 3.06. The fourth-order valence-corrected chi connectivity index (χ4v) is 2.88. The van der Waals surface area contributed by atoms with Crippen molar-refractivity contribution < 1.29 is 9.53 Å². The van der Waals surface area contributed by atoms with Crippen LogP contribution in [0.25, 0.3) is 17.1 Å². The molecule has 0 bridgehead atoms. The van der Waals surface area contributed by atoms with Crippen molar-refractivity contribution in [3.63, 3.8) is 0 Å². The first-order valence-corrected chi connectivity index (χ1v) is 8.15. The fraction of sp³-hybridized carbons (Fsp3) is 0.100. The predicted molar refractivity (Wildman–Crippen MR) is 101 cm³/mol. The van der Waals surface area contributed by atoms with Gasteiger partial charge in [0.15, 0.2) is 0 Å². The molecule has 1 aliphatic heterocycles. The number of anilines is 1. The molecule has 0 spiro atoms. The molecule has 4 rings (SSSR count). The normalized spacial score (nSPS) is 15.7. The molecule has 2 aromatic carbocycles.